The van der Waals surface area contributed by atoms with Crippen molar-refractivity contribution in [3.05, 3.63) is 198 Å². The Morgan fingerprint density at radius 2 is 1.06 bits per heavy atom. The Bertz CT molecular complexity index is 2470. The molecule has 2 aromatic heterocycles. The predicted molar refractivity (Wildman–Crippen MR) is 191 cm³/mol. The lowest BCUT2D eigenvalue weighted by Crippen LogP contribution is -2.28. The van der Waals surface area contributed by atoms with E-state index >= 15 is 0 Å². The summed E-state index contributed by atoms with van der Waals surface area (Å²) in [4.78, 5) is 13.5. The molecular formula is C44H27N3. The van der Waals surface area contributed by atoms with E-state index in [2.05, 4.69) is 132 Å². The highest BCUT2D eigenvalue weighted by molar-refractivity contribution is 6.03. The minimum absolute atomic E-state index is 0.555. The van der Waals surface area contributed by atoms with Crippen LogP contribution in [0.3, 0.4) is 0 Å². The van der Waals surface area contributed by atoms with Crippen LogP contribution in [0.2, 0.25) is 0 Å². The van der Waals surface area contributed by atoms with Crippen molar-refractivity contribution in [3.8, 4) is 33.5 Å². The summed E-state index contributed by atoms with van der Waals surface area (Å²) in [7, 11) is 0. The van der Waals surface area contributed by atoms with E-state index in [4.69, 9.17) is 16.5 Å². The van der Waals surface area contributed by atoms with E-state index in [1.165, 1.54) is 33.4 Å². The standard InChI is InChI=1S/C44H27N3/c1-45-36-21-16-29(17-22-36)32-18-23-37-38-24-19-33(41-25-20-31-15-14-30-9-8-26-46-42(30)43(31)47-41)28-40(38)44(39(37)27-32,34-10-4-2-5-11-34)35-12-6-3-7-13-35/h2-28H. The summed E-state index contributed by atoms with van der Waals surface area (Å²) in [5.74, 6) is 0. The van der Waals surface area contributed by atoms with Gasteiger partial charge in [-0.1, -0.05) is 133 Å². The fourth-order valence-corrected chi connectivity index (χ4v) is 7.44. The number of benzene rings is 6. The molecule has 0 bridgehead atoms. The molecule has 0 spiro atoms. The van der Waals surface area contributed by atoms with Crippen molar-refractivity contribution in [3.63, 3.8) is 0 Å². The van der Waals surface area contributed by atoms with Crippen LogP contribution in [0.15, 0.2) is 164 Å². The van der Waals surface area contributed by atoms with Crippen LogP contribution in [0.4, 0.5) is 5.69 Å². The molecule has 47 heavy (non-hydrogen) atoms. The Balaban J connectivity index is 1.32. The first-order valence-electron chi connectivity index (χ1n) is 15.8. The Morgan fingerprint density at radius 3 is 1.72 bits per heavy atom. The molecular weight excluding hydrogens is 571 g/mol. The quantitative estimate of drug-likeness (QED) is 0.149. The van der Waals surface area contributed by atoms with Gasteiger partial charge in [0.05, 0.1) is 28.7 Å². The highest BCUT2D eigenvalue weighted by Crippen LogP contribution is 2.57. The largest absolute Gasteiger partial charge is 0.254 e. The molecule has 8 aromatic rings. The first kappa shape index (κ1) is 27.0. The van der Waals surface area contributed by atoms with Crippen LogP contribution < -0.4 is 0 Å². The molecule has 0 aliphatic heterocycles. The molecule has 2 heterocycles. The molecule has 0 fully saturated rings. The number of aromatic nitrogens is 2. The second-order valence-electron chi connectivity index (χ2n) is 12.1. The Hall–Kier alpha value is -6.37. The molecule has 0 amide bonds. The SMILES string of the molecule is [C-]#[N+]c1ccc(-c2ccc3c(c2)C(c2ccccc2)(c2ccccc2)c2cc(-c4ccc5ccc6cccnc6c5n4)ccc2-3)cc1. The maximum Gasteiger partial charge on any atom is 0.187 e. The van der Waals surface area contributed by atoms with Crippen molar-refractivity contribution < 1.29 is 0 Å². The number of fused-ring (bicyclic) bond motifs is 6. The highest BCUT2D eigenvalue weighted by Gasteiger charge is 2.46. The lowest BCUT2D eigenvalue weighted by molar-refractivity contribution is 0.769. The van der Waals surface area contributed by atoms with Crippen molar-refractivity contribution in [2.24, 2.45) is 0 Å². The number of hydrogen-bond acceptors (Lipinski definition) is 2. The van der Waals surface area contributed by atoms with Crippen molar-refractivity contribution in [2.45, 2.75) is 5.41 Å². The number of pyridine rings is 2. The Kier molecular flexibility index (Phi) is 6.10. The summed E-state index contributed by atoms with van der Waals surface area (Å²) < 4.78 is 0. The number of nitrogens with zero attached hydrogens (tertiary/aromatic N) is 3. The molecule has 0 atom stereocenters. The van der Waals surface area contributed by atoms with Gasteiger partial charge in [-0.25, -0.2) is 9.83 Å². The summed E-state index contributed by atoms with van der Waals surface area (Å²) in [5, 5.41) is 2.16. The molecule has 1 aliphatic rings. The predicted octanol–water partition coefficient (Wildman–Crippen LogP) is 11.0. The zero-order chi connectivity index (χ0) is 31.4. The van der Waals surface area contributed by atoms with Gasteiger partial charge in [0.2, 0.25) is 0 Å². The first-order valence-corrected chi connectivity index (χ1v) is 15.8. The van der Waals surface area contributed by atoms with E-state index in [0.29, 0.717) is 5.69 Å². The molecule has 3 nitrogen and oxygen atoms in total. The van der Waals surface area contributed by atoms with E-state index in [1.54, 1.807) is 0 Å². The van der Waals surface area contributed by atoms with Crippen molar-refractivity contribution >= 4 is 27.5 Å². The van der Waals surface area contributed by atoms with Crippen LogP contribution >= 0.6 is 0 Å². The molecule has 9 rings (SSSR count). The van der Waals surface area contributed by atoms with Gasteiger partial charge in [0.15, 0.2) is 5.69 Å². The van der Waals surface area contributed by atoms with Crippen LogP contribution in [0.5, 0.6) is 0 Å². The topological polar surface area (TPSA) is 30.1 Å². The van der Waals surface area contributed by atoms with E-state index < -0.39 is 5.41 Å². The molecule has 0 unspecified atom stereocenters. The fraction of sp³-hybridized carbons (Fsp3) is 0.0227. The Labute approximate surface area is 273 Å². The summed E-state index contributed by atoms with van der Waals surface area (Å²) >= 11 is 0. The molecule has 1 aliphatic carbocycles. The van der Waals surface area contributed by atoms with Crippen LogP contribution in [-0.4, -0.2) is 9.97 Å². The van der Waals surface area contributed by atoms with Gasteiger partial charge in [-0.2, -0.15) is 0 Å². The summed E-state index contributed by atoms with van der Waals surface area (Å²) in [5.41, 5.74) is 13.5. The molecule has 0 radical (unpaired) electrons. The van der Waals surface area contributed by atoms with Crippen LogP contribution in [0.1, 0.15) is 22.3 Å². The van der Waals surface area contributed by atoms with Gasteiger partial charge < -0.3 is 0 Å². The van der Waals surface area contributed by atoms with E-state index in [1.807, 2.05) is 36.5 Å². The van der Waals surface area contributed by atoms with Gasteiger partial charge >= 0.3 is 0 Å². The molecule has 0 N–H and O–H groups in total. The molecule has 218 valence electrons. The zero-order valence-electron chi connectivity index (χ0n) is 25.4. The molecule has 0 saturated heterocycles. The second-order valence-corrected chi connectivity index (χ2v) is 12.1. The van der Waals surface area contributed by atoms with Gasteiger partial charge in [-0.05, 0) is 68.8 Å². The second kappa shape index (κ2) is 10.6. The van der Waals surface area contributed by atoms with E-state index in [0.717, 1.165) is 44.2 Å². The Morgan fingerprint density at radius 1 is 0.489 bits per heavy atom. The number of hydrogen-bond donors (Lipinski definition) is 0. The summed E-state index contributed by atoms with van der Waals surface area (Å²) in [6, 6.07) is 55.8. The maximum atomic E-state index is 7.41. The van der Waals surface area contributed by atoms with Crippen LogP contribution in [-0.2, 0) is 5.41 Å². The summed E-state index contributed by atoms with van der Waals surface area (Å²) in [6.45, 7) is 7.41. The van der Waals surface area contributed by atoms with Crippen molar-refractivity contribution in [2.75, 3.05) is 0 Å². The van der Waals surface area contributed by atoms with E-state index in [-0.39, 0.29) is 0 Å². The third kappa shape index (κ3) is 4.13. The van der Waals surface area contributed by atoms with Crippen LogP contribution in [0.25, 0.3) is 60.2 Å². The lowest BCUT2D eigenvalue weighted by Gasteiger charge is -2.34. The monoisotopic (exact) mass is 597 g/mol. The first-order chi connectivity index (χ1) is 23.2. The van der Waals surface area contributed by atoms with Gasteiger partial charge in [0, 0.05) is 22.5 Å². The van der Waals surface area contributed by atoms with Crippen molar-refractivity contribution in [1.29, 1.82) is 0 Å². The fourth-order valence-electron chi connectivity index (χ4n) is 7.44. The van der Waals surface area contributed by atoms with Crippen LogP contribution in [0, 0.1) is 6.57 Å². The van der Waals surface area contributed by atoms with Crippen molar-refractivity contribution in [1.82, 2.24) is 9.97 Å². The third-order valence-electron chi connectivity index (χ3n) is 9.61. The molecule has 6 aromatic carbocycles. The van der Waals surface area contributed by atoms with Gasteiger partial charge in [0.1, 0.15) is 0 Å². The zero-order valence-corrected chi connectivity index (χ0v) is 25.4. The minimum Gasteiger partial charge on any atom is -0.254 e. The lowest BCUT2D eigenvalue weighted by atomic mass is 9.67. The molecule has 3 heteroatoms. The van der Waals surface area contributed by atoms with Gasteiger partial charge in [-0.15, -0.1) is 0 Å². The van der Waals surface area contributed by atoms with Gasteiger partial charge in [-0.3, -0.25) is 4.98 Å². The highest BCUT2D eigenvalue weighted by atomic mass is 14.8. The smallest absolute Gasteiger partial charge is 0.187 e. The van der Waals surface area contributed by atoms with Gasteiger partial charge in [0.25, 0.3) is 0 Å². The third-order valence-corrected chi connectivity index (χ3v) is 9.61. The normalized spacial score (nSPS) is 12.8. The minimum atomic E-state index is -0.555. The average molecular weight is 598 g/mol. The van der Waals surface area contributed by atoms with E-state index in [9.17, 15) is 0 Å². The average Bonchev–Trinajstić information content (AvgIpc) is 3.45. The summed E-state index contributed by atoms with van der Waals surface area (Å²) in [6.07, 6.45) is 1.84. The molecule has 0 saturated carbocycles. The number of rotatable bonds is 4. The maximum absolute atomic E-state index is 7.41.